The van der Waals surface area contributed by atoms with Gasteiger partial charge in [-0.1, -0.05) is 19.0 Å². The Morgan fingerprint density at radius 1 is 1.28 bits per heavy atom. The molecule has 7 nitrogen and oxygen atoms in total. The lowest BCUT2D eigenvalue weighted by atomic mass is 10.0. The van der Waals surface area contributed by atoms with Crippen LogP contribution < -0.4 is 5.43 Å². The number of rotatable bonds is 6. The van der Waals surface area contributed by atoms with Crippen LogP contribution in [0, 0.1) is 13.8 Å². The van der Waals surface area contributed by atoms with E-state index in [2.05, 4.69) is 53.3 Å². The van der Waals surface area contributed by atoms with Gasteiger partial charge in [-0.25, -0.2) is 5.43 Å². The van der Waals surface area contributed by atoms with Gasteiger partial charge in [-0.05, 0) is 44.1 Å². The summed E-state index contributed by atoms with van der Waals surface area (Å²) < 4.78 is 5.14. The number of carbonyl (C=O) groups is 1. The fourth-order valence-electron chi connectivity index (χ4n) is 3.01. The highest BCUT2D eigenvalue weighted by Crippen LogP contribution is 2.24. The number of carbonyl (C=O) groups excluding carboxylic acids is 1. The van der Waals surface area contributed by atoms with Gasteiger partial charge in [0.15, 0.2) is 5.76 Å². The van der Waals surface area contributed by atoms with Gasteiger partial charge < -0.3 is 9.51 Å². The molecule has 0 bridgehead atoms. The third-order valence-electron chi connectivity index (χ3n) is 4.64. The van der Waals surface area contributed by atoms with Crippen LogP contribution in [0.15, 0.2) is 27.5 Å². The van der Waals surface area contributed by atoms with Gasteiger partial charge in [-0.3, -0.25) is 9.69 Å². The average Bonchev–Trinajstić information content (AvgIpc) is 3.30. The minimum absolute atomic E-state index is 0.247. The summed E-state index contributed by atoms with van der Waals surface area (Å²) in [4.78, 5) is 17.9. The summed E-state index contributed by atoms with van der Waals surface area (Å²) in [5.74, 6) is 0.220. The summed E-state index contributed by atoms with van der Waals surface area (Å²) in [6, 6.07) is 1.69. The molecule has 0 aromatic carbocycles. The van der Waals surface area contributed by atoms with Crippen molar-refractivity contribution in [2.45, 2.75) is 34.2 Å². The topological polar surface area (TPSA) is 86.5 Å². The number of aryl methyl sites for hydroxylation is 1. The molecule has 1 aliphatic rings. The second kappa shape index (κ2) is 7.06. The molecule has 1 aliphatic heterocycles. The lowest BCUT2D eigenvalue weighted by Gasteiger charge is -2.18. The molecule has 0 unspecified atom stereocenters. The molecule has 3 heterocycles. The highest BCUT2D eigenvalue weighted by atomic mass is 16.5. The van der Waals surface area contributed by atoms with Gasteiger partial charge in [0.2, 0.25) is 0 Å². The number of hydrogen-bond donors (Lipinski definition) is 2. The zero-order chi connectivity index (χ0) is 18.0. The number of hydrazone groups is 1. The van der Waals surface area contributed by atoms with Crippen LogP contribution in [-0.2, 0) is 11.3 Å². The van der Waals surface area contributed by atoms with Crippen LogP contribution in [0.1, 0.15) is 42.1 Å². The maximum absolute atomic E-state index is 12.2. The number of aromatic nitrogens is 2. The number of nitrogens with zero attached hydrogens (tertiary/aromatic N) is 3. The molecule has 0 radical (unpaired) electrons. The van der Waals surface area contributed by atoms with Crippen molar-refractivity contribution >= 4 is 17.7 Å². The molecular formula is C18H23N5O2. The Hall–Kier alpha value is -2.67. The summed E-state index contributed by atoms with van der Waals surface area (Å²) in [5.41, 5.74) is 7.88. The van der Waals surface area contributed by atoms with E-state index in [1.54, 1.807) is 6.07 Å². The van der Waals surface area contributed by atoms with Gasteiger partial charge in [0.25, 0.3) is 5.91 Å². The van der Waals surface area contributed by atoms with E-state index in [1.165, 1.54) is 11.8 Å². The van der Waals surface area contributed by atoms with Crippen molar-refractivity contribution in [2.75, 3.05) is 13.1 Å². The van der Waals surface area contributed by atoms with E-state index in [1.807, 2.05) is 6.08 Å². The van der Waals surface area contributed by atoms with Crippen molar-refractivity contribution in [3.63, 3.8) is 0 Å². The van der Waals surface area contributed by atoms with E-state index in [-0.39, 0.29) is 5.91 Å². The maximum Gasteiger partial charge on any atom is 0.273 e. The molecule has 0 saturated carbocycles. The largest absolute Gasteiger partial charge is 0.359 e. The van der Waals surface area contributed by atoms with Crippen molar-refractivity contribution in [3.8, 4) is 0 Å². The van der Waals surface area contributed by atoms with Gasteiger partial charge >= 0.3 is 0 Å². The van der Waals surface area contributed by atoms with Gasteiger partial charge in [0.1, 0.15) is 5.71 Å². The molecule has 2 aromatic rings. The minimum Gasteiger partial charge on any atom is -0.359 e. The van der Waals surface area contributed by atoms with E-state index in [4.69, 9.17) is 4.52 Å². The number of H-pyrrole nitrogens is 1. The number of aromatic amines is 1. The Balaban J connectivity index is 1.95. The van der Waals surface area contributed by atoms with Crippen molar-refractivity contribution < 1.29 is 9.32 Å². The van der Waals surface area contributed by atoms with Crippen LogP contribution in [0.3, 0.4) is 0 Å². The summed E-state index contributed by atoms with van der Waals surface area (Å²) in [5, 5.41) is 7.75. The Morgan fingerprint density at radius 3 is 2.68 bits per heavy atom. The summed E-state index contributed by atoms with van der Waals surface area (Å²) in [6.45, 7) is 11.4. The molecule has 0 fully saturated rings. The molecule has 0 spiro atoms. The van der Waals surface area contributed by atoms with Crippen LogP contribution in [0.4, 0.5) is 0 Å². The first kappa shape index (κ1) is 17.2. The van der Waals surface area contributed by atoms with E-state index in [0.717, 1.165) is 36.6 Å². The van der Waals surface area contributed by atoms with Gasteiger partial charge in [0.05, 0.1) is 11.8 Å². The summed E-state index contributed by atoms with van der Waals surface area (Å²) in [7, 11) is 0. The SMILES string of the molecule is CCN(CC)Cc1c(C)[nH]c(/C=C2/C(=O)NN=C2c2ccno2)c1C. The Labute approximate surface area is 146 Å². The second-order valence-corrected chi connectivity index (χ2v) is 6.06. The zero-order valence-electron chi connectivity index (χ0n) is 15.0. The molecule has 7 heteroatoms. The zero-order valence-corrected chi connectivity index (χ0v) is 15.0. The summed E-state index contributed by atoms with van der Waals surface area (Å²) >= 11 is 0. The first-order chi connectivity index (χ1) is 12.0. The standard InChI is InChI=1S/C18H23N5O2/c1-5-23(6-2)10-14-11(3)15(20-12(14)4)9-13-17(21-22-18(13)24)16-7-8-19-25-16/h7-9,20H,5-6,10H2,1-4H3,(H,22,24)/b13-9+. The molecule has 1 amide bonds. The maximum atomic E-state index is 12.2. The lowest BCUT2D eigenvalue weighted by molar-refractivity contribution is -0.116. The van der Waals surface area contributed by atoms with E-state index >= 15 is 0 Å². The van der Waals surface area contributed by atoms with Crippen LogP contribution in [-0.4, -0.2) is 39.7 Å². The molecule has 132 valence electrons. The van der Waals surface area contributed by atoms with Gasteiger partial charge in [0, 0.05) is 24.0 Å². The predicted molar refractivity (Wildman–Crippen MR) is 96.1 cm³/mol. The monoisotopic (exact) mass is 341 g/mol. The van der Waals surface area contributed by atoms with Crippen molar-refractivity contribution in [2.24, 2.45) is 5.10 Å². The minimum atomic E-state index is -0.247. The van der Waals surface area contributed by atoms with E-state index in [0.29, 0.717) is 17.0 Å². The molecule has 2 N–H and O–H groups in total. The molecule has 0 saturated heterocycles. The fourth-order valence-corrected chi connectivity index (χ4v) is 3.01. The van der Waals surface area contributed by atoms with Crippen LogP contribution in [0.2, 0.25) is 0 Å². The van der Waals surface area contributed by atoms with Gasteiger partial charge in [-0.2, -0.15) is 5.10 Å². The smallest absolute Gasteiger partial charge is 0.273 e. The van der Waals surface area contributed by atoms with Crippen molar-refractivity contribution in [1.29, 1.82) is 0 Å². The third-order valence-corrected chi connectivity index (χ3v) is 4.64. The number of amides is 1. The molecule has 25 heavy (non-hydrogen) atoms. The van der Waals surface area contributed by atoms with Crippen LogP contribution in [0.25, 0.3) is 6.08 Å². The first-order valence-corrected chi connectivity index (χ1v) is 8.46. The number of hydrogen-bond acceptors (Lipinski definition) is 5. The molecule has 0 aliphatic carbocycles. The van der Waals surface area contributed by atoms with Crippen LogP contribution >= 0.6 is 0 Å². The van der Waals surface area contributed by atoms with Crippen molar-refractivity contribution in [1.82, 2.24) is 20.5 Å². The molecule has 0 atom stereocenters. The second-order valence-electron chi connectivity index (χ2n) is 6.06. The third kappa shape index (κ3) is 3.28. The molecular weight excluding hydrogens is 318 g/mol. The number of nitrogens with one attached hydrogen (secondary N) is 2. The van der Waals surface area contributed by atoms with E-state index in [9.17, 15) is 4.79 Å². The average molecular weight is 341 g/mol. The highest BCUT2D eigenvalue weighted by Gasteiger charge is 2.27. The Bertz CT molecular complexity index is 826. The lowest BCUT2D eigenvalue weighted by Crippen LogP contribution is -2.22. The van der Waals surface area contributed by atoms with Crippen molar-refractivity contribution in [3.05, 3.63) is 46.1 Å². The highest BCUT2D eigenvalue weighted by molar-refractivity contribution is 6.32. The van der Waals surface area contributed by atoms with Gasteiger partial charge in [-0.15, -0.1) is 0 Å². The predicted octanol–water partition coefficient (Wildman–Crippen LogP) is 2.38. The Morgan fingerprint density at radius 2 is 2.04 bits per heavy atom. The quantitative estimate of drug-likeness (QED) is 0.790. The molecule has 2 aromatic heterocycles. The summed E-state index contributed by atoms with van der Waals surface area (Å²) in [6.07, 6.45) is 3.36. The fraction of sp³-hybridized carbons (Fsp3) is 0.389. The molecule has 3 rings (SSSR count). The van der Waals surface area contributed by atoms with Crippen LogP contribution in [0.5, 0.6) is 0 Å². The first-order valence-electron chi connectivity index (χ1n) is 8.46. The Kier molecular flexibility index (Phi) is 4.85. The van der Waals surface area contributed by atoms with E-state index < -0.39 is 0 Å². The normalized spacial score (nSPS) is 16.0.